The molecule has 0 saturated heterocycles. The Hall–Kier alpha value is -2.17. The SMILES string of the molecule is CN1c2ccccc2C(c2ccccc2)=N[C@H](N)C1O. The number of aliphatic hydroxyl groups is 1. The Morgan fingerprint density at radius 3 is 2.45 bits per heavy atom. The van der Waals surface area contributed by atoms with E-state index in [1.165, 1.54) is 0 Å². The van der Waals surface area contributed by atoms with Crippen molar-refractivity contribution < 1.29 is 5.11 Å². The van der Waals surface area contributed by atoms with Gasteiger partial charge in [-0.3, -0.25) is 4.99 Å². The van der Waals surface area contributed by atoms with Crippen LogP contribution in [0.4, 0.5) is 5.69 Å². The molecule has 20 heavy (non-hydrogen) atoms. The van der Waals surface area contributed by atoms with Crippen molar-refractivity contribution in [1.29, 1.82) is 0 Å². The number of hydrogen-bond donors (Lipinski definition) is 2. The fraction of sp³-hybridized carbons (Fsp3) is 0.188. The molecule has 3 rings (SSSR count). The van der Waals surface area contributed by atoms with Crippen molar-refractivity contribution in [3.8, 4) is 0 Å². The summed E-state index contributed by atoms with van der Waals surface area (Å²) in [5.41, 5.74) is 9.72. The van der Waals surface area contributed by atoms with Crippen molar-refractivity contribution in [3.05, 3.63) is 65.7 Å². The molecule has 2 atom stereocenters. The van der Waals surface area contributed by atoms with Gasteiger partial charge in [-0.1, -0.05) is 48.5 Å². The van der Waals surface area contributed by atoms with Crippen LogP contribution in [0.25, 0.3) is 0 Å². The molecule has 4 nitrogen and oxygen atoms in total. The van der Waals surface area contributed by atoms with Crippen LogP contribution < -0.4 is 10.6 Å². The smallest absolute Gasteiger partial charge is 0.162 e. The number of fused-ring (bicyclic) bond motifs is 1. The third kappa shape index (κ3) is 2.09. The number of aliphatic hydroxyl groups excluding tert-OH is 1. The number of nitrogens with zero attached hydrogens (tertiary/aromatic N) is 2. The second-order valence-electron chi connectivity index (χ2n) is 4.88. The molecule has 2 aromatic rings. The largest absolute Gasteiger partial charge is 0.370 e. The van der Waals surface area contributed by atoms with E-state index < -0.39 is 12.4 Å². The number of benzene rings is 2. The molecule has 0 saturated carbocycles. The van der Waals surface area contributed by atoms with E-state index in [4.69, 9.17) is 5.73 Å². The standard InChI is InChI=1S/C16H17N3O/c1-19-13-10-6-5-9-12(13)14(18-15(17)16(19)20)11-7-3-2-4-8-11/h2-10,15-16,20H,17H2,1H3/t15-,16?/m0/s1. The monoisotopic (exact) mass is 267 g/mol. The van der Waals surface area contributed by atoms with Crippen LogP contribution in [0.1, 0.15) is 11.1 Å². The summed E-state index contributed by atoms with van der Waals surface area (Å²) in [7, 11) is 1.83. The number of likely N-dealkylation sites (N-methyl/N-ethyl adjacent to an activating group) is 1. The van der Waals surface area contributed by atoms with E-state index in [1.807, 2.05) is 61.6 Å². The maximum absolute atomic E-state index is 10.2. The molecule has 0 spiro atoms. The van der Waals surface area contributed by atoms with E-state index >= 15 is 0 Å². The lowest BCUT2D eigenvalue weighted by molar-refractivity contribution is 0.149. The molecule has 0 aliphatic carbocycles. The molecule has 0 aromatic heterocycles. The van der Waals surface area contributed by atoms with Gasteiger partial charge < -0.3 is 15.7 Å². The van der Waals surface area contributed by atoms with Gasteiger partial charge in [0.05, 0.1) is 5.71 Å². The molecule has 0 radical (unpaired) electrons. The number of rotatable bonds is 1. The van der Waals surface area contributed by atoms with Crippen molar-refractivity contribution in [2.75, 3.05) is 11.9 Å². The predicted molar refractivity (Wildman–Crippen MR) is 80.9 cm³/mol. The van der Waals surface area contributed by atoms with Gasteiger partial charge in [-0.05, 0) is 6.07 Å². The maximum atomic E-state index is 10.2. The summed E-state index contributed by atoms with van der Waals surface area (Å²) < 4.78 is 0. The molecule has 1 aliphatic rings. The van der Waals surface area contributed by atoms with Gasteiger partial charge in [-0.2, -0.15) is 0 Å². The topological polar surface area (TPSA) is 61.8 Å². The lowest BCUT2D eigenvalue weighted by Crippen LogP contribution is -2.44. The van der Waals surface area contributed by atoms with Crippen LogP contribution >= 0.6 is 0 Å². The van der Waals surface area contributed by atoms with Crippen molar-refractivity contribution in [2.45, 2.75) is 12.4 Å². The zero-order valence-corrected chi connectivity index (χ0v) is 11.3. The number of hydrogen-bond acceptors (Lipinski definition) is 4. The van der Waals surface area contributed by atoms with Crippen LogP contribution in [-0.2, 0) is 0 Å². The molecule has 2 aromatic carbocycles. The number of benzodiazepines with no additional fused rings is 1. The molecular weight excluding hydrogens is 250 g/mol. The van der Waals surface area contributed by atoms with Crippen molar-refractivity contribution >= 4 is 11.4 Å². The first-order chi connectivity index (χ1) is 9.68. The average Bonchev–Trinajstić information content (AvgIpc) is 2.60. The van der Waals surface area contributed by atoms with E-state index in [2.05, 4.69) is 4.99 Å². The van der Waals surface area contributed by atoms with E-state index in [-0.39, 0.29) is 0 Å². The Bertz CT molecular complexity index is 639. The van der Waals surface area contributed by atoms with Gasteiger partial charge >= 0.3 is 0 Å². The van der Waals surface area contributed by atoms with Gasteiger partial charge in [-0.25, -0.2) is 0 Å². The first kappa shape index (κ1) is 12.8. The summed E-state index contributed by atoms with van der Waals surface area (Å²) in [6.45, 7) is 0. The Morgan fingerprint density at radius 2 is 1.70 bits per heavy atom. The van der Waals surface area contributed by atoms with Crippen LogP contribution in [-0.4, -0.2) is 30.3 Å². The minimum absolute atomic E-state index is 0.678. The number of para-hydroxylation sites is 1. The summed E-state index contributed by atoms with van der Waals surface area (Å²) in [4.78, 5) is 6.29. The number of nitrogens with two attached hydrogens (primary N) is 1. The Morgan fingerprint density at radius 1 is 1.05 bits per heavy atom. The van der Waals surface area contributed by atoms with E-state index in [0.29, 0.717) is 0 Å². The summed E-state index contributed by atoms with van der Waals surface area (Å²) in [5, 5.41) is 10.2. The molecule has 102 valence electrons. The Balaban J connectivity index is 2.22. The lowest BCUT2D eigenvalue weighted by atomic mass is 10.0. The minimum Gasteiger partial charge on any atom is -0.370 e. The highest BCUT2D eigenvalue weighted by molar-refractivity contribution is 6.16. The van der Waals surface area contributed by atoms with Crippen LogP contribution in [0, 0.1) is 0 Å². The third-order valence-corrected chi connectivity index (χ3v) is 3.57. The molecular formula is C16H17N3O. The molecule has 0 amide bonds. The van der Waals surface area contributed by atoms with Crippen LogP contribution in [0.2, 0.25) is 0 Å². The fourth-order valence-electron chi connectivity index (χ4n) is 2.46. The highest BCUT2D eigenvalue weighted by Crippen LogP contribution is 2.27. The van der Waals surface area contributed by atoms with Gasteiger partial charge in [0.25, 0.3) is 0 Å². The summed E-state index contributed by atoms with van der Waals surface area (Å²) >= 11 is 0. The highest BCUT2D eigenvalue weighted by atomic mass is 16.3. The first-order valence-electron chi connectivity index (χ1n) is 6.57. The van der Waals surface area contributed by atoms with Gasteiger partial charge in [0.2, 0.25) is 0 Å². The zero-order valence-electron chi connectivity index (χ0n) is 11.3. The Labute approximate surface area is 118 Å². The van der Waals surface area contributed by atoms with Crippen LogP contribution in [0.3, 0.4) is 0 Å². The molecule has 1 aliphatic heterocycles. The molecule has 1 heterocycles. The van der Waals surface area contributed by atoms with Crippen LogP contribution in [0.15, 0.2) is 59.6 Å². The normalized spacial score (nSPS) is 21.9. The molecule has 0 bridgehead atoms. The zero-order chi connectivity index (χ0) is 14.1. The van der Waals surface area contributed by atoms with Gasteiger partial charge in [-0.15, -0.1) is 0 Å². The molecule has 4 heteroatoms. The first-order valence-corrected chi connectivity index (χ1v) is 6.57. The van der Waals surface area contributed by atoms with E-state index in [9.17, 15) is 5.11 Å². The maximum Gasteiger partial charge on any atom is 0.162 e. The van der Waals surface area contributed by atoms with Crippen LogP contribution in [0.5, 0.6) is 0 Å². The second-order valence-corrected chi connectivity index (χ2v) is 4.88. The van der Waals surface area contributed by atoms with Crippen molar-refractivity contribution in [3.63, 3.8) is 0 Å². The summed E-state index contributed by atoms with van der Waals surface area (Å²) in [5.74, 6) is 0. The lowest BCUT2D eigenvalue weighted by Gasteiger charge is -2.26. The van der Waals surface area contributed by atoms with Gasteiger partial charge in [0.15, 0.2) is 6.23 Å². The van der Waals surface area contributed by atoms with Gasteiger partial charge in [0.1, 0.15) is 6.17 Å². The quantitative estimate of drug-likeness (QED) is 0.824. The average molecular weight is 267 g/mol. The van der Waals surface area contributed by atoms with Gasteiger partial charge in [0, 0.05) is 23.9 Å². The molecule has 3 N–H and O–H groups in total. The summed E-state index contributed by atoms with van der Waals surface area (Å²) in [6, 6.07) is 17.8. The summed E-state index contributed by atoms with van der Waals surface area (Å²) in [6.07, 6.45) is -1.51. The minimum atomic E-state index is -0.836. The number of anilines is 1. The fourth-order valence-corrected chi connectivity index (χ4v) is 2.46. The number of aliphatic imine (C=N–C) groups is 1. The molecule has 0 fully saturated rings. The van der Waals surface area contributed by atoms with Crippen molar-refractivity contribution in [2.24, 2.45) is 10.7 Å². The third-order valence-electron chi connectivity index (χ3n) is 3.57. The van der Waals surface area contributed by atoms with Crippen molar-refractivity contribution in [1.82, 2.24) is 0 Å². The molecule has 1 unspecified atom stereocenters. The van der Waals surface area contributed by atoms with E-state index in [1.54, 1.807) is 4.90 Å². The second kappa shape index (κ2) is 5.07. The Kier molecular flexibility index (Phi) is 3.26. The van der Waals surface area contributed by atoms with E-state index in [0.717, 1.165) is 22.5 Å². The predicted octanol–water partition coefficient (Wildman–Crippen LogP) is 1.58. The highest BCUT2D eigenvalue weighted by Gasteiger charge is 2.27.